The first-order chi connectivity index (χ1) is 21.0. The van der Waals surface area contributed by atoms with E-state index in [1.807, 2.05) is 72.6 Å². The van der Waals surface area contributed by atoms with Gasteiger partial charge in [0.2, 0.25) is 0 Å². The number of imide groups is 1. The minimum absolute atomic E-state index is 0.0967. The number of hydrogen-bond donors (Lipinski definition) is 0. The van der Waals surface area contributed by atoms with Gasteiger partial charge in [0, 0.05) is 39.8 Å². The monoisotopic (exact) mass is 570 g/mol. The van der Waals surface area contributed by atoms with Gasteiger partial charge in [-0.1, -0.05) is 96.2 Å². The molecule has 0 atom stereocenters. The van der Waals surface area contributed by atoms with Crippen molar-refractivity contribution in [1.29, 1.82) is 0 Å². The van der Waals surface area contributed by atoms with E-state index in [-0.39, 0.29) is 18.5 Å². The van der Waals surface area contributed by atoms with Crippen LogP contribution in [0.2, 0.25) is 0 Å². The van der Waals surface area contributed by atoms with Gasteiger partial charge in [-0.15, -0.1) is 5.10 Å². The fourth-order valence-corrected chi connectivity index (χ4v) is 6.62. The van der Waals surface area contributed by atoms with Crippen LogP contribution in [0.5, 0.6) is 0 Å². The quantitative estimate of drug-likeness (QED) is 0.237. The lowest BCUT2D eigenvalue weighted by Crippen LogP contribution is -2.56. The van der Waals surface area contributed by atoms with Crippen LogP contribution < -0.4 is 0 Å². The summed E-state index contributed by atoms with van der Waals surface area (Å²) in [4.78, 5) is 33.8. The maximum absolute atomic E-state index is 14.2. The minimum atomic E-state index is -0.871. The summed E-state index contributed by atoms with van der Waals surface area (Å²) in [5.41, 5.74) is 4.09. The summed E-state index contributed by atoms with van der Waals surface area (Å²) < 4.78 is 1.73. The molecule has 2 saturated heterocycles. The Bertz CT molecular complexity index is 1830. The number of amides is 3. The van der Waals surface area contributed by atoms with Crippen LogP contribution in [0.3, 0.4) is 0 Å². The predicted molar refractivity (Wildman–Crippen MR) is 168 cm³/mol. The number of nitrogens with zero attached hydrogens (tertiary/aromatic N) is 6. The van der Waals surface area contributed by atoms with Crippen LogP contribution in [-0.2, 0) is 24.9 Å². The number of likely N-dealkylation sites (tertiary alicyclic amines) is 1. The summed E-state index contributed by atoms with van der Waals surface area (Å²) >= 11 is 0. The zero-order chi connectivity index (χ0) is 29.4. The third kappa shape index (κ3) is 4.97. The van der Waals surface area contributed by atoms with Gasteiger partial charge in [0.15, 0.2) is 0 Å². The number of hydrogen-bond acceptors (Lipinski definition) is 5. The van der Waals surface area contributed by atoms with Gasteiger partial charge < -0.3 is 4.90 Å². The average molecular weight is 571 g/mol. The molecule has 7 rings (SSSR count). The first kappa shape index (κ1) is 27.0. The summed E-state index contributed by atoms with van der Waals surface area (Å²) in [6, 6.07) is 30.6. The fourth-order valence-electron chi connectivity index (χ4n) is 6.62. The van der Waals surface area contributed by atoms with Crippen LogP contribution in [0.15, 0.2) is 97.1 Å². The van der Waals surface area contributed by atoms with Crippen LogP contribution >= 0.6 is 0 Å². The average Bonchev–Trinajstić information content (AvgIpc) is 3.49. The van der Waals surface area contributed by atoms with Gasteiger partial charge in [0.1, 0.15) is 11.1 Å². The molecule has 5 aromatic rings. The number of rotatable bonds is 7. The highest BCUT2D eigenvalue weighted by molar-refractivity contribution is 6.07. The molecule has 1 aromatic heterocycles. The van der Waals surface area contributed by atoms with E-state index >= 15 is 0 Å². The second-order valence-electron chi connectivity index (χ2n) is 11.6. The lowest BCUT2D eigenvalue weighted by Gasteiger charge is -2.42. The van der Waals surface area contributed by atoms with E-state index in [0.717, 1.165) is 41.8 Å². The van der Waals surface area contributed by atoms with Crippen molar-refractivity contribution < 1.29 is 9.59 Å². The molecule has 0 aliphatic carbocycles. The van der Waals surface area contributed by atoms with Crippen LogP contribution in [-0.4, -0.2) is 66.8 Å². The Hall–Kier alpha value is -4.82. The van der Waals surface area contributed by atoms with Gasteiger partial charge in [-0.05, 0) is 52.4 Å². The zero-order valence-corrected chi connectivity index (χ0v) is 24.3. The zero-order valence-electron chi connectivity index (χ0n) is 24.3. The second kappa shape index (κ2) is 11.1. The van der Waals surface area contributed by atoms with Crippen molar-refractivity contribution in [2.24, 2.45) is 7.05 Å². The Morgan fingerprint density at radius 2 is 1.63 bits per heavy atom. The molecule has 2 fully saturated rings. The highest BCUT2D eigenvalue weighted by Crippen LogP contribution is 2.39. The van der Waals surface area contributed by atoms with Gasteiger partial charge in [0.05, 0.1) is 5.52 Å². The highest BCUT2D eigenvalue weighted by Gasteiger charge is 2.57. The SMILES string of the molecule is Cn1nnc2cc(CN3C(=O)N(C/C=C/c4ccccc4)C(=O)C34CCN(Cc3cccc5ccccc35)CC4)ccc21. The minimum Gasteiger partial charge on any atom is -0.305 e. The molecule has 3 amide bonds. The Morgan fingerprint density at radius 3 is 2.47 bits per heavy atom. The van der Waals surface area contributed by atoms with Crippen LogP contribution in [0.1, 0.15) is 29.5 Å². The van der Waals surface area contributed by atoms with Gasteiger partial charge in [-0.3, -0.25) is 14.6 Å². The van der Waals surface area contributed by atoms with Gasteiger partial charge in [-0.25, -0.2) is 9.48 Å². The molecule has 216 valence electrons. The van der Waals surface area contributed by atoms with Crippen molar-refractivity contribution in [3.05, 3.63) is 114 Å². The molecule has 3 heterocycles. The summed E-state index contributed by atoms with van der Waals surface area (Å²) in [5, 5.41) is 10.9. The molecular weight excluding hydrogens is 536 g/mol. The van der Waals surface area contributed by atoms with Crippen molar-refractivity contribution in [2.75, 3.05) is 19.6 Å². The maximum atomic E-state index is 14.2. The number of benzene rings is 4. The summed E-state index contributed by atoms with van der Waals surface area (Å²) in [7, 11) is 1.86. The number of carbonyl (C=O) groups excluding carboxylic acids is 2. The van der Waals surface area contributed by atoms with E-state index in [0.29, 0.717) is 19.4 Å². The van der Waals surface area contributed by atoms with Crippen LogP contribution in [0, 0.1) is 0 Å². The third-order valence-electron chi connectivity index (χ3n) is 8.99. The van der Waals surface area contributed by atoms with Gasteiger partial charge >= 0.3 is 6.03 Å². The van der Waals surface area contributed by atoms with Crippen molar-refractivity contribution in [1.82, 2.24) is 29.7 Å². The maximum Gasteiger partial charge on any atom is 0.328 e. The fraction of sp³-hybridized carbons (Fsp3) is 0.257. The number of aromatic nitrogens is 3. The molecule has 0 N–H and O–H groups in total. The number of fused-ring (bicyclic) bond motifs is 2. The Labute approximate surface area is 250 Å². The molecule has 8 heteroatoms. The van der Waals surface area contributed by atoms with Crippen LogP contribution in [0.25, 0.3) is 27.9 Å². The molecule has 0 radical (unpaired) electrons. The summed E-state index contributed by atoms with van der Waals surface area (Å²) in [6.07, 6.45) is 5.05. The van der Waals surface area contributed by atoms with E-state index in [9.17, 15) is 9.59 Å². The summed E-state index contributed by atoms with van der Waals surface area (Å²) in [5.74, 6) is -0.0967. The Balaban J connectivity index is 1.14. The van der Waals surface area contributed by atoms with Crippen molar-refractivity contribution in [3.63, 3.8) is 0 Å². The topological polar surface area (TPSA) is 74.6 Å². The van der Waals surface area contributed by atoms with Gasteiger partial charge in [0.25, 0.3) is 5.91 Å². The number of aryl methyl sites for hydroxylation is 1. The highest BCUT2D eigenvalue weighted by atomic mass is 16.2. The molecule has 0 saturated carbocycles. The number of urea groups is 1. The third-order valence-corrected chi connectivity index (χ3v) is 8.99. The largest absolute Gasteiger partial charge is 0.328 e. The normalized spacial score (nSPS) is 17.3. The molecular formula is C35H34N6O2. The molecule has 0 unspecified atom stereocenters. The molecule has 43 heavy (non-hydrogen) atoms. The van der Waals surface area contributed by atoms with E-state index in [2.05, 4.69) is 57.7 Å². The molecule has 1 spiro atoms. The van der Waals surface area contributed by atoms with Crippen molar-refractivity contribution in [2.45, 2.75) is 31.5 Å². The first-order valence-corrected chi connectivity index (χ1v) is 14.8. The molecule has 4 aromatic carbocycles. The number of piperidine rings is 1. The number of carbonyl (C=O) groups is 2. The Kier molecular flexibility index (Phi) is 6.99. The lowest BCUT2D eigenvalue weighted by atomic mass is 9.85. The van der Waals surface area contributed by atoms with Gasteiger partial charge in [-0.2, -0.15) is 0 Å². The standard InChI is InChI=1S/C35H34N6O2/c1-38-32-17-16-27(23-31(32)36-37-38)24-41-34(43)40(20-8-11-26-9-3-2-4-10-26)33(42)35(41)18-21-39(22-19-35)25-29-14-7-13-28-12-5-6-15-30(28)29/h2-17,23H,18-22,24-25H2,1H3/b11-8+. The second-order valence-corrected chi connectivity index (χ2v) is 11.6. The Morgan fingerprint density at radius 1 is 0.860 bits per heavy atom. The molecule has 2 aliphatic rings. The predicted octanol–water partition coefficient (Wildman–Crippen LogP) is 5.63. The summed E-state index contributed by atoms with van der Waals surface area (Å²) in [6.45, 7) is 2.87. The molecule has 2 aliphatic heterocycles. The lowest BCUT2D eigenvalue weighted by molar-refractivity contribution is -0.135. The van der Waals surface area contributed by atoms with Crippen molar-refractivity contribution >= 4 is 39.8 Å². The van der Waals surface area contributed by atoms with E-state index in [4.69, 9.17) is 0 Å². The van der Waals surface area contributed by atoms with E-state index in [1.54, 1.807) is 4.68 Å². The van der Waals surface area contributed by atoms with E-state index < -0.39 is 5.54 Å². The molecule has 0 bridgehead atoms. The smallest absolute Gasteiger partial charge is 0.305 e. The van der Waals surface area contributed by atoms with Crippen LogP contribution in [0.4, 0.5) is 4.79 Å². The molecule has 8 nitrogen and oxygen atoms in total. The first-order valence-electron chi connectivity index (χ1n) is 14.8. The van der Waals surface area contributed by atoms with Crippen molar-refractivity contribution in [3.8, 4) is 0 Å². The van der Waals surface area contributed by atoms with E-state index in [1.165, 1.54) is 21.2 Å².